The number of nitrogens with zero attached hydrogens (tertiary/aromatic N) is 2. The lowest BCUT2D eigenvalue weighted by Gasteiger charge is -2.38. The third-order valence-electron chi connectivity index (χ3n) is 7.18. The number of carbonyl (C=O) groups is 2. The lowest BCUT2D eigenvalue weighted by Crippen LogP contribution is -2.50. The van der Waals surface area contributed by atoms with Crippen LogP contribution in [0, 0.1) is 11.8 Å². The average molecular weight is 496 g/mol. The molecule has 1 aromatic carbocycles. The van der Waals surface area contributed by atoms with E-state index in [0.29, 0.717) is 22.8 Å². The number of ether oxygens (including phenoxy) is 3. The third-order valence-corrected chi connectivity index (χ3v) is 7.18. The van der Waals surface area contributed by atoms with Crippen molar-refractivity contribution in [1.29, 1.82) is 0 Å². The summed E-state index contributed by atoms with van der Waals surface area (Å²) in [6, 6.07) is 7.73. The Morgan fingerprint density at radius 2 is 2.03 bits per heavy atom. The smallest absolute Gasteiger partial charge is 0.258 e. The standard InChI is InChI=1S/C26H29N3O7/c1-3-4-16-6-7-18-24-23(25(32)27-10-15-5-8-20-21(9-15)36-14-35-20)17(12-30)19(11-28(18)26(16)33)29(24)22(31)13-34-2/h3-9,17,19,23-24,30H,10-14H2,1-2H3,(H,27,32)/t17-,19-,23+,24+/m0/s1. The van der Waals surface area contributed by atoms with Gasteiger partial charge in [-0.15, -0.1) is 0 Å². The van der Waals surface area contributed by atoms with E-state index in [0.717, 1.165) is 5.56 Å². The molecule has 3 aliphatic heterocycles. The Balaban J connectivity index is 1.48. The van der Waals surface area contributed by atoms with Gasteiger partial charge < -0.3 is 34.1 Å². The molecule has 0 unspecified atom stereocenters. The second-order valence-corrected chi connectivity index (χ2v) is 9.15. The van der Waals surface area contributed by atoms with Crippen LogP contribution in [0.3, 0.4) is 0 Å². The quantitative estimate of drug-likeness (QED) is 0.590. The molecule has 5 rings (SSSR count). The van der Waals surface area contributed by atoms with E-state index in [1.807, 2.05) is 19.1 Å². The van der Waals surface area contributed by atoms with Crippen LogP contribution in [0.5, 0.6) is 11.5 Å². The molecule has 190 valence electrons. The van der Waals surface area contributed by atoms with Crippen molar-refractivity contribution >= 4 is 17.9 Å². The second kappa shape index (κ2) is 9.79. The van der Waals surface area contributed by atoms with Gasteiger partial charge in [0, 0.05) is 44.0 Å². The maximum Gasteiger partial charge on any atom is 0.258 e. The number of rotatable bonds is 7. The summed E-state index contributed by atoms with van der Waals surface area (Å²) in [4.78, 5) is 41.5. The number of allylic oxidation sites excluding steroid dienone is 1. The monoisotopic (exact) mass is 495 g/mol. The normalized spacial score (nSPS) is 23.7. The number of aliphatic hydroxyl groups is 1. The minimum Gasteiger partial charge on any atom is -0.454 e. The van der Waals surface area contributed by atoms with Crippen molar-refractivity contribution in [3.63, 3.8) is 0 Å². The Morgan fingerprint density at radius 1 is 1.22 bits per heavy atom. The SMILES string of the molecule is CC=Cc1ccc2n(c1=O)C[C@H]1[C@H](CO)[C@@H](C(=O)NCc3ccc4c(c3)OCO4)[C@@H]2N1C(=O)COC. The fraction of sp³-hybridized carbons (Fsp3) is 0.423. The maximum absolute atomic E-state index is 13.6. The summed E-state index contributed by atoms with van der Waals surface area (Å²) in [7, 11) is 1.44. The Hall–Kier alpha value is -3.63. The zero-order valence-corrected chi connectivity index (χ0v) is 20.2. The number of nitrogens with one attached hydrogen (secondary N) is 1. The van der Waals surface area contributed by atoms with Crippen LogP contribution in [0.1, 0.15) is 29.8 Å². The lowest BCUT2D eigenvalue weighted by molar-refractivity contribution is -0.140. The summed E-state index contributed by atoms with van der Waals surface area (Å²) in [6.45, 7) is 1.97. The molecule has 36 heavy (non-hydrogen) atoms. The number of amides is 2. The van der Waals surface area contributed by atoms with Crippen molar-refractivity contribution in [3.05, 3.63) is 63.6 Å². The first-order valence-electron chi connectivity index (χ1n) is 11.9. The molecule has 2 N–H and O–H groups in total. The number of carbonyl (C=O) groups excluding carboxylic acids is 2. The van der Waals surface area contributed by atoms with Crippen LogP contribution in [0.25, 0.3) is 6.08 Å². The average Bonchev–Trinajstić information content (AvgIpc) is 3.44. The van der Waals surface area contributed by atoms with Gasteiger partial charge >= 0.3 is 0 Å². The summed E-state index contributed by atoms with van der Waals surface area (Å²) in [5.74, 6) is -0.594. The van der Waals surface area contributed by atoms with Crippen LogP contribution in [0.4, 0.5) is 0 Å². The first-order chi connectivity index (χ1) is 17.5. The van der Waals surface area contributed by atoms with E-state index in [1.54, 1.807) is 39.8 Å². The largest absolute Gasteiger partial charge is 0.454 e. The second-order valence-electron chi connectivity index (χ2n) is 9.15. The first kappa shape index (κ1) is 24.1. The fourth-order valence-electron chi connectivity index (χ4n) is 5.63. The van der Waals surface area contributed by atoms with E-state index in [4.69, 9.17) is 14.2 Å². The summed E-state index contributed by atoms with van der Waals surface area (Å²) in [6.07, 6.45) is 3.53. The van der Waals surface area contributed by atoms with Crippen LogP contribution in [0.15, 0.2) is 41.2 Å². The molecule has 0 aliphatic carbocycles. The molecular formula is C26H29N3O7. The van der Waals surface area contributed by atoms with Crippen LogP contribution in [-0.4, -0.2) is 59.5 Å². The van der Waals surface area contributed by atoms with Crippen LogP contribution >= 0.6 is 0 Å². The lowest BCUT2D eigenvalue weighted by atomic mass is 9.86. The molecule has 2 bridgehead atoms. The van der Waals surface area contributed by atoms with E-state index in [-0.39, 0.29) is 50.5 Å². The number of aliphatic hydroxyl groups excluding tert-OH is 1. The first-order valence-corrected chi connectivity index (χ1v) is 11.9. The zero-order valence-electron chi connectivity index (χ0n) is 20.2. The van der Waals surface area contributed by atoms with Crippen molar-refractivity contribution in [2.75, 3.05) is 27.1 Å². The summed E-state index contributed by atoms with van der Waals surface area (Å²) in [5.41, 5.74) is 1.75. The van der Waals surface area contributed by atoms with Crippen LogP contribution in [0.2, 0.25) is 0 Å². The van der Waals surface area contributed by atoms with Gasteiger partial charge in [-0.2, -0.15) is 0 Å². The molecule has 0 saturated carbocycles. The zero-order chi connectivity index (χ0) is 25.4. The van der Waals surface area contributed by atoms with Gasteiger partial charge in [0.1, 0.15) is 6.61 Å². The minimum atomic E-state index is -0.740. The number of aromatic nitrogens is 1. The molecular weight excluding hydrogens is 466 g/mol. The molecule has 0 spiro atoms. The molecule has 10 heteroatoms. The molecule has 4 heterocycles. The van der Waals surface area contributed by atoms with Crippen molar-refractivity contribution in [3.8, 4) is 11.5 Å². The predicted molar refractivity (Wildman–Crippen MR) is 129 cm³/mol. The van der Waals surface area contributed by atoms with Gasteiger partial charge in [-0.25, -0.2) is 0 Å². The summed E-state index contributed by atoms with van der Waals surface area (Å²) >= 11 is 0. The number of hydrogen-bond acceptors (Lipinski definition) is 7. The highest BCUT2D eigenvalue weighted by molar-refractivity contribution is 5.85. The summed E-state index contributed by atoms with van der Waals surface area (Å²) in [5, 5.41) is 13.3. The van der Waals surface area contributed by atoms with E-state index in [9.17, 15) is 19.5 Å². The molecule has 1 aromatic heterocycles. The van der Waals surface area contributed by atoms with Crippen LogP contribution < -0.4 is 20.3 Å². The molecule has 4 atom stereocenters. The fourth-order valence-corrected chi connectivity index (χ4v) is 5.63. The van der Waals surface area contributed by atoms with Gasteiger partial charge in [0.15, 0.2) is 11.5 Å². The Labute approximate surface area is 208 Å². The van der Waals surface area contributed by atoms with Crippen molar-refractivity contribution in [2.24, 2.45) is 11.8 Å². The molecule has 3 aliphatic rings. The molecule has 1 saturated heterocycles. The number of hydrogen-bond donors (Lipinski definition) is 2. The number of pyridine rings is 1. The highest BCUT2D eigenvalue weighted by Gasteiger charge is 2.57. The van der Waals surface area contributed by atoms with Crippen molar-refractivity contribution in [1.82, 2.24) is 14.8 Å². The van der Waals surface area contributed by atoms with Gasteiger partial charge in [-0.05, 0) is 36.8 Å². The molecule has 1 fully saturated rings. The highest BCUT2D eigenvalue weighted by atomic mass is 16.7. The van der Waals surface area contributed by atoms with Gasteiger partial charge in [0.2, 0.25) is 18.6 Å². The topological polar surface area (TPSA) is 119 Å². The molecule has 10 nitrogen and oxygen atoms in total. The van der Waals surface area contributed by atoms with E-state index >= 15 is 0 Å². The summed E-state index contributed by atoms with van der Waals surface area (Å²) < 4.78 is 17.5. The number of benzene rings is 1. The number of fused-ring (bicyclic) bond motifs is 5. The van der Waals surface area contributed by atoms with E-state index < -0.39 is 23.9 Å². The molecule has 0 radical (unpaired) electrons. The Morgan fingerprint density at radius 3 is 2.78 bits per heavy atom. The van der Waals surface area contributed by atoms with Crippen molar-refractivity contribution < 1.29 is 28.9 Å². The van der Waals surface area contributed by atoms with Gasteiger partial charge in [-0.3, -0.25) is 14.4 Å². The minimum absolute atomic E-state index is 0.155. The Kier molecular flexibility index (Phi) is 6.55. The predicted octanol–water partition coefficient (Wildman–Crippen LogP) is 1.06. The highest BCUT2D eigenvalue weighted by Crippen LogP contribution is 2.48. The Bertz CT molecular complexity index is 1270. The third kappa shape index (κ3) is 3.96. The molecule has 2 amide bonds. The van der Waals surface area contributed by atoms with Crippen molar-refractivity contribution in [2.45, 2.75) is 32.1 Å². The van der Waals surface area contributed by atoms with E-state index in [2.05, 4.69) is 5.32 Å². The van der Waals surface area contributed by atoms with Gasteiger partial charge in [0.05, 0.1) is 18.0 Å². The molecule has 2 aromatic rings. The van der Waals surface area contributed by atoms with Crippen LogP contribution in [-0.2, 0) is 27.4 Å². The van der Waals surface area contributed by atoms with Gasteiger partial charge in [-0.1, -0.05) is 18.2 Å². The maximum atomic E-state index is 13.6. The number of methoxy groups -OCH3 is 1. The van der Waals surface area contributed by atoms with Gasteiger partial charge in [0.25, 0.3) is 5.56 Å². The van der Waals surface area contributed by atoms with E-state index in [1.165, 1.54) is 7.11 Å².